The van der Waals surface area contributed by atoms with E-state index in [1.54, 1.807) is 0 Å². The zero-order chi connectivity index (χ0) is 32.4. The van der Waals surface area contributed by atoms with Crippen LogP contribution in [-0.4, -0.2) is 55.6 Å². The molecule has 7 heteroatoms. The van der Waals surface area contributed by atoms with Gasteiger partial charge in [0.25, 0.3) is 0 Å². The topological polar surface area (TPSA) is 75.6 Å². The van der Waals surface area contributed by atoms with Gasteiger partial charge in [-0.3, -0.25) is 0 Å². The number of aliphatic hydroxyl groups is 1. The molecule has 1 unspecified atom stereocenters. The first-order valence-corrected chi connectivity index (χ1v) is 16.8. The molecule has 0 radical (unpaired) electrons. The monoisotopic (exact) mass is 640 g/mol. The summed E-state index contributed by atoms with van der Waals surface area (Å²) in [6, 6.07) is 40.2. The molecular formula is C40H48O7. The molecule has 0 amide bonds. The quantitative estimate of drug-likeness (QED) is 0.102. The Labute approximate surface area is 279 Å². The molecule has 0 bridgehead atoms. The molecule has 5 atom stereocenters. The second-order valence-electron chi connectivity index (χ2n) is 11.9. The molecule has 5 rings (SSSR count). The molecule has 7 nitrogen and oxygen atoms in total. The lowest BCUT2D eigenvalue weighted by Crippen LogP contribution is -2.61. The average Bonchev–Trinajstić information content (AvgIpc) is 3.12. The van der Waals surface area contributed by atoms with Crippen molar-refractivity contribution in [2.24, 2.45) is 0 Å². The number of hydrogen-bond donors (Lipinski definition) is 1. The Morgan fingerprint density at radius 1 is 0.468 bits per heavy atom. The summed E-state index contributed by atoms with van der Waals surface area (Å²) in [6.07, 6.45) is 0.181. The molecule has 1 aliphatic heterocycles. The maximum Gasteiger partial charge on any atom is 0.186 e. The maximum absolute atomic E-state index is 11.6. The molecule has 47 heavy (non-hydrogen) atoms. The van der Waals surface area contributed by atoms with Crippen LogP contribution in [0.2, 0.25) is 0 Å². The third-order valence-corrected chi connectivity index (χ3v) is 8.16. The maximum atomic E-state index is 11.6. The van der Waals surface area contributed by atoms with E-state index in [-0.39, 0.29) is 6.61 Å². The highest BCUT2D eigenvalue weighted by Crippen LogP contribution is 2.29. The third-order valence-electron chi connectivity index (χ3n) is 8.16. The summed E-state index contributed by atoms with van der Waals surface area (Å²) in [4.78, 5) is 0. The summed E-state index contributed by atoms with van der Waals surface area (Å²) in [7, 11) is 0. The molecule has 4 aromatic carbocycles. The lowest BCUT2D eigenvalue weighted by Gasteiger charge is -2.44. The summed E-state index contributed by atoms with van der Waals surface area (Å²) >= 11 is 0. The van der Waals surface area contributed by atoms with Crippen molar-refractivity contribution in [1.82, 2.24) is 0 Å². The predicted molar refractivity (Wildman–Crippen MR) is 181 cm³/mol. The van der Waals surface area contributed by atoms with Crippen LogP contribution in [0.1, 0.15) is 47.9 Å². The van der Waals surface area contributed by atoms with E-state index < -0.39 is 30.7 Å². The Kier molecular flexibility index (Phi) is 14.9. The fourth-order valence-electron chi connectivity index (χ4n) is 5.58. The minimum atomic E-state index is -1.05. The molecular weight excluding hydrogens is 592 g/mol. The van der Waals surface area contributed by atoms with E-state index in [0.717, 1.165) is 49.0 Å². The second kappa shape index (κ2) is 20.1. The van der Waals surface area contributed by atoms with E-state index >= 15 is 0 Å². The molecule has 0 spiro atoms. The van der Waals surface area contributed by atoms with E-state index in [1.165, 1.54) is 5.56 Å². The molecule has 1 fully saturated rings. The summed E-state index contributed by atoms with van der Waals surface area (Å²) in [5.41, 5.74) is 4.29. The Bertz CT molecular complexity index is 1360. The fraction of sp³-hybridized carbons (Fsp3) is 0.400. The summed E-state index contributed by atoms with van der Waals surface area (Å²) in [6.45, 7) is 3.20. The van der Waals surface area contributed by atoms with Gasteiger partial charge in [-0.05, 0) is 35.1 Å². The Balaban J connectivity index is 1.17. The van der Waals surface area contributed by atoms with Crippen LogP contribution in [0.15, 0.2) is 121 Å². The van der Waals surface area contributed by atoms with Gasteiger partial charge in [0.2, 0.25) is 0 Å². The molecule has 1 saturated heterocycles. The van der Waals surface area contributed by atoms with Crippen molar-refractivity contribution in [3.05, 3.63) is 144 Å². The van der Waals surface area contributed by atoms with Crippen LogP contribution in [-0.2, 0) is 54.8 Å². The number of benzene rings is 4. The van der Waals surface area contributed by atoms with E-state index in [1.807, 2.05) is 109 Å². The lowest BCUT2D eigenvalue weighted by molar-refractivity contribution is -0.319. The van der Waals surface area contributed by atoms with E-state index in [2.05, 4.69) is 12.1 Å². The largest absolute Gasteiger partial charge is 0.385 e. The third kappa shape index (κ3) is 12.0. The van der Waals surface area contributed by atoms with Crippen molar-refractivity contribution in [3.63, 3.8) is 0 Å². The van der Waals surface area contributed by atoms with Gasteiger partial charge >= 0.3 is 0 Å². The van der Waals surface area contributed by atoms with Gasteiger partial charge in [0, 0.05) is 13.2 Å². The number of aliphatic hydroxyl groups excluding tert-OH is 1. The number of hydrogen-bond acceptors (Lipinski definition) is 7. The first-order valence-electron chi connectivity index (χ1n) is 16.8. The molecule has 4 aromatic rings. The van der Waals surface area contributed by atoms with Gasteiger partial charge in [0.1, 0.15) is 24.4 Å². The first kappa shape index (κ1) is 34.9. The van der Waals surface area contributed by atoms with Crippen molar-refractivity contribution in [1.29, 1.82) is 0 Å². The van der Waals surface area contributed by atoms with E-state index in [0.29, 0.717) is 33.0 Å². The van der Waals surface area contributed by atoms with Crippen LogP contribution in [0.5, 0.6) is 0 Å². The predicted octanol–water partition coefficient (Wildman–Crippen LogP) is 7.25. The minimum Gasteiger partial charge on any atom is -0.385 e. The molecule has 250 valence electrons. The van der Waals surface area contributed by atoms with Gasteiger partial charge in [-0.2, -0.15) is 0 Å². The van der Waals surface area contributed by atoms with E-state index in [9.17, 15) is 5.11 Å². The fourth-order valence-corrected chi connectivity index (χ4v) is 5.58. The summed E-state index contributed by atoms with van der Waals surface area (Å²) in [5, 5.41) is 11.6. The van der Waals surface area contributed by atoms with Gasteiger partial charge in [0.05, 0.1) is 33.0 Å². The Hall–Kier alpha value is -3.40. The van der Waals surface area contributed by atoms with Crippen molar-refractivity contribution in [2.75, 3.05) is 19.8 Å². The van der Waals surface area contributed by atoms with Crippen molar-refractivity contribution in [2.45, 2.75) is 82.8 Å². The highest BCUT2D eigenvalue weighted by molar-refractivity contribution is 5.16. The molecule has 0 saturated carbocycles. The normalized spacial score (nSPS) is 21.1. The van der Waals surface area contributed by atoms with Crippen molar-refractivity contribution >= 4 is 0 Å². The second-order valence-corrected chi connectivity index (χ2v) is 11.9. The minimum absolute atomic E-state index is 0.259. The highest BCUT2D eigenvalue weighted by atomic mass is 16.7. The Morgan fingerprint density at radius 2 is 0.915 bits per heavy atom. The highest BCUT2D eigenvalue weighted by Gasteiger charge is 2.47. The molecule has 1 heterocycles. The zero-order valence-electron chi connectivity index (χ0n) is 27.1. The van der Waals surface area contributed by atoms with Crippen LogP contribution in [0.25, 0.3) is 0 Å². The molecule has 1 aliphatic rings. The standard InChI is InChI=1S/C40H48O7/c41-37-39(46-30-35-23-13-6-14-24-35)38(45-29-34-21-11-5-12-22-34)36(31-43-28-33-19-9-4-10-20-33)47-40(37)44-26-16-2-1-15-25-42-27-32-17-7-3-8-18-32/h3-14,17-24,36-41H,1-2,15-16,25-31H2/t36-,37-,38-,39-,40?/m1/s1. The zero-order valence-corrected chi connectivity index (χ0v) is 27.1. The van der Waals surface area contributed by atoms with Crippen LogP contribution in [0, 0.1) is 0 Å². The molecule has 1 N–H and O–H groups in total. The van der Waals surface area contributed by atoms with Gasteiger partial charge < -0.3 is 33.5 Å². The average molecular weight is 641 g/mol. The first-order chi connectivity index (χ1) is 23.3. The van der Waals surface area contributed by atoms with Gasteiger partial charge in [-0.25, -0.2) is 0 Å². The van der Waals surface area contributed by atoms with E-state index in [4.69, 9.17) is 28.4 Å². The van der Waals surface area contributed by atoms with Gasteiger partial charge in [-0.15, -0.1) is 0 Å². The molecule has 0 aromatic heterocycles. The summed E-state index contributed by atoms with van der Waals surface area (Å²) < 4.78 is 37.4. The van der Waals surface area contributed by atoms with Crippen LogP contribution >= 0.6 is 0 Å². The van der Waals surface area contributed by atoms with Gasteiger partial charge in [-0.1, -0.05) is 134 Å². The van der Waals surface area contributed by atoms with Crippen LogP contribution in [0.3, 0.4) is 0 Å². The van der Waals surface area contributed by atoms with Gasteiger partial charge in [0.15, 0.2) is 6.29 Å². The van der Waals surface area contributed by atoms with Crippen molar-refractivity contribution in [3.8, 4) is 0 Å². The lowest BCUT2D eigenvalue weighted by atomic mass is 9.98. The summed E-state index contributed by atoms with van der Waals surface area (Å²) in [5.74, 6) is 0. The van der Waals surface area contributed by atoms with Crippen LogP contribution < -0.4 is 0 Å². The van der Waals surface area contributed by atoms with Crippen LogP contribution in [0.4, 0.5) is 0 Å². The smallest absolute Gasteiger partial charge is 0.186 e. The van der Waals surface area contributed by atoms with Crippen molar-refractivity contribution < 1.29 is 33.5 Å². The number of unbranched alkanes of at least 4 members (excludes halogenated alkanes) is 3. The SMILES string of the molecule is O[C@H]1C(OCCCCCCOCc2ccccc2)O[C@H](COCc2ccccc2)[C@@H](OCc2ccccc2)[C@@H]1OCc1ccccc1. The molecule has 0 aliphatic carbocycles. The number of rotatable bonds is 20. The number of ether oxygens (including phenoxy) is 6. The Morgan fingerprint density at radius 3 is 1.45 bits per heavy atom.